The second-order valence-electron chi connectivity index (χ2n) is 11.1. The standard InChI is InChI=1S/C30H61NO5S/c1-3-5-7-9-11-13-14-15-16-17-18-19-21-23-25-29(32)28(27-37(34,35)36)31-30(33)26-24-22-20-12-10-8-6-4-2/h28-29,32H,3-27H2,1-2H3,(H,31,33)(H,34,35,36). The number of carbonyl (C=O) groups is 1. The molecule has 0 saturated heterocycles. The molecule has 0 spiro atoms. The summed E-state index contributed by atoms with van der Waals surface area (Å²) in [5, 5.41) is 13.2. The molecule has 0 bridgehead atoms. The summed E-state index contributed by atoms with van der Waals surface area (Å²) in [6.07, 6.45) is 26.3. The summed E-state index contributed by atoms with van der Waals surface area (Å²) in [5.74, 6) is -0.893. The van der Waals surface area contributed by atoms with Crippen molar-refractivity contribution >= 4 is 16.0 Å². The van der Waals surface area contributed by atoms with Gasteiger partial charge in [-0.15, -0.1) is 0 Å². The Balaban J connectivity index is 3.95. The number of nitrogens with one attached hydrogen (secondary N) is 1. The van der Waals surface area contributed by atoms with Crippen LogP contribution in [0.4, 0.5) is 0 Å². The van der Waals surface area contributed by atoms with Crippen LogP contribution in [-0.2, 0) is 14.9 Å². The van der Waals surface area contributed by atoms with Crippen molar-refractivity contribution in [1.82, 2.24) is 5.32 Å². The highest BCUT2D eigenvalue weighted by Gasteiger charge is 2.26. The Morgan fingerprint density at radius 1 is 0.622 bits per heavy atom. The predicted octanol–water partition coefficient (Wildman–Crippen LogP) is 8.12. The maximum absolute atomic E-state index is 12.3. The number of hydrogen-bond acceptors (Lipinski definition) is 4. The lowest BCUT2D eigenvalue weighted by atomic mass is 10.0. The molecule has 1 amide bonds. The molecule has 0 aliphatic heterocycles. The topological polar surface area (TPSA) is 104 Å². The number of unbranched alkanes of at least 4 members (excludes halogenated alkanes) is 20. The molecule has 222 valence electrons. The van der Waals surface area contributed by atoms with Crippen molar-refractivity contribution in [2.45, 2.75) is 180 Å². The molecule has 0 radical (unpaired) electrons. The van der Waals surface area contributed by atoms with E-state index in [2.05, 4.69) is 19.2 Å². The van der Waals surface area contributed by atoms with E-state index < -0.39 is 28.0 Å². The van der Waals surface area contributed by atoms with Gasteiger partial charge in [0.2, 0.25) is 5.91 Å². The van der Waals surface area contributed by atoms with Gasteiger partial charge < -0.3 is 10.4 Å². The van der Waals surface area contributed by atoms with E-state index in [0.29, 0.717) is 12.8 Å². The minimum atomic E-state index is -4.29. The highest BCUT2D eigenvalue weighted by Crippen LogP contribution is 2.15. The smallest absolute Gasteiger partial charge is 0.266 e. The van der Waals surface area contributed by atoms with Crippen LogP contribution in [0.1, 0.15) is 168 Å². The SMILES string of the molecule is CCCCCCCCCCCCCCCCC(O)C(CS(=O)(=O)O)NC(=O)CCCCCCCCCC. The first-order valence-electron chi connectivity index (χ1n) is 15.7. The number of hydrogen-bond donors (Lipinski definition) is 3. The van der Waals surface area contributed by atoms with Crippen LogP contribution in [0.25, 0.3) is 0 Å². The van der Waals surface area contributed by atoms with Gasteiger partial charge in [-0.3, -0.25) is 9.35 Å². The molecule has 0 heterocycles. The van der Waals surface area contributed by atoms with E-state index in [1.165, 1.54) is 103 Å². The number of amides is 1. The lowest BCUT2D eigenvalue weighted by Crippen LogP contribution is -2.47. The Kier molecular flexibility index (Phi) is 25.2. The molecule has 37 heavy (non-hydrogen) atoms. The van der Waals surface area contributed by atoms with Crippen molar-refractivity contribution in [2.24, 2.45) is 0 Å². The maximum Gasteiger partial charge on any atom is 0.266 e. The van der Waals surface area contributed by atoms with Crippen LogP contribution < -0.4 is 5.32 Å². The summed E-state index contributed by atoms with van der Waals surface area (Å²) < 4.78 is 32.1. The van der Waals surface area contributed by atoms with Gasteiger partial charge in [0.25, 0.3) is 10.1 Å². The normalized spacial score (nSPS) is 13.5. The highest BCUT2D eigenvalue weighted by molar-refractivity contribution is 7.85. The van der Waals surface area contributed by atoms with Crippen LogP contribution in [0.2, 0.25) is 0 Å². The van der Waals surface area contributed by atoms with E-state index in [-0.39, 0.29) is 5.91 Å². The third-order valence-corrected chi connectivity index (χ3v) is 8.09. The molecule has 2 unspecified atom stereocenters. The second-order valence-corrected chi connectivity index (χ2v) is 12.6. The van der Waals surface area contributed by atoms with Gasteiger partial charge in [0.1, 0.15) is 0 Å². The second kappa shape index (κ2) is 25.6. The summed E-state index contributed by atoms with van der Waals surface area (Å²) in [6.45, 7) is 4.45. The summed E-state index contributed by atoms with van der Waals surface area (Å²) in [4.78, 5) is 12.3. The van der Waals surface area contributed by atoms with E-state index in [0.717, 1.165) is 38.5 Å². The quantitative estimate of drug-likeness (QED) is 0.0677. The van der Waals surface area contributed by atoms with E-state index in [1.807, 2.05) is 0 Å². The average molecular weight is 548 g/mol. The molecule has 6 nitrogen and oxygen atoms in total. The van der Waals surface area contributed by atoms with E-state index in [1.54, 1.807) is 0 Å². The Labute approximate surface area is 229 Å². The molecule has 0 fully saturated rings. The van der Waals surface area contributed by atoms with Crippen molar-refractivity contribution in [3.05, 3.63) is 0 Å². The third kappa shape index (κ3) is 26.7. The Hall–Kier alpha value is -0.660. The predicted molar refractivity (Wildman–Crippen MR) is 157 cm³/mol. The van der Waals surface area contributed by atoms with Gasteiger partial charge in [-0.25, -0.2) is 0 Å². The molecular weight excluding hydrogens is 486 g/mol. The van der Waals surface area contributed by atoms with Crippen LogP contribution in [0, 0.1) is 0 Å². The number of carbonyl (C=O) groups excluding carboxylic acids is 1. The molecule has 0 aliphatic rings. The molecular formula is C30H61NO5S. The number of aliphatic hydroxyl groups excluding tert-OH is 1. The molecule has 0 aromatic carbocycles. The summed E-state index contributed by atoms with van der Waals surface area (Å²) in [6, 6.07) is -0.960. The van der Waals surface area contributed by atoms with Crippen LogP contribution in [0.5, 0.6) is 0 Å². The molecule has 2 atom stereocenters. The number of aliphatic hydroxyl groups is 1. The van der Waals surface area contributed by atoms with E-state index in [9.17, 15) is 22.9 Å². The minimum absolute atomic E-state index is 0.250. The first-order valence-corrected chi connectivity index (χ1v) is 17.3. The van der Waals surface area contributed by atoms with Gasteiger partial charge in [-0.05, 0) is 12.8 Å². The fraction of sp³-hybridized carbons (Fsp3) is 0.967. The van der Waals surface area contributed by atoms with Gasteiger partial charge in [0.15, 0.2) is 0 Å². The van der Waals surface area contributed by atoms with Crippen molar-refractivity contribution in [3.8, 4) is 0 Å². The summed E-state index contributed by atoms with van der Waals surface area (Å²) in [7, 11) is -4.29. The monoisotopic (exact) mass is 547 g/mol. The average Bonchev–Trinajstić information content (AvgIpc) is 2.84. The Morgan fingerprint density at radius 3 is 1.35 bits per heavy atom. The van der Waals surface area contributed by atoms with Crippen LogP contribution in [-0.4, -0.2) is 41.9 Å². The molecule has 0 aromatic rings. The van der Waals surface area contributed by atoms with Gasteiger partial charge in [0.05, 0.1) is 17.9 Å². The first-order chi connectivity index (χ1) is 17.8. The first kappa shape index (κ1) is 36.3. The summed E-state index contributed by atoms with van der Waals surface area (Å²) in [5.41, 5.74) is 0. The minimum Gasteiger partial charge on any atom is -0.391 e. The van der Waals surface area contributed by atoms with Crippen LogP contribution >= 0.6 is 0 Å². The lowest BCUT2D eigenvalue weighted by Gasteiger charge is -2.23. The van der Waals surface area contributed by atoms with Crippen LogP contribution in [0.3, 0.4) is 0 Å². The zero-order chi connectivity index (χ0) is 27.6. The highest BCUT2D eigenvalue weighted by atomic mass is 32.2. The molecule has 0 aromatic heterocycles. The van der Waals surface area contributed by atoms with E-state index >= 15 is 0 Å². The van der Waals surface area contributed by atoms with Crippen molar-refractivity contribution in [3.63, 3.8) is 0 Å². The molecule has 0 saturated carbocycles. The van der Waals surface area contributed by atoms with E-state index in [4.69, 9.17) is 0 Å². The van der Waals surface area contributed by atoms with Crippen molar-refractivity contribution in [1.29, 1.82) is 0 Å². The van der Waals surface area contributed by atoms with Gasteiger partial charge in [0, 0.05) is 6.42 Å². The Bertz CT molecular complexity index is 611. The fourth-order valence-electron chi connectivity index (χ4n) is 4.92. The zero-order valence-corrected chi connectivity index (χ0v) is 25.2. The van der Waals surface area contributed by atoms with Gasteiger partial charge >= 0.3 is 0 Å². The van der Waals surface area contributed by atoms with Crippen molar-refractivity contribution < 1.29 is 22.9 Å². The Morgan fingerprint density at radius 2 is 0.973 bits per heavy atom. The fourth-order valence-corrected chi connectivity index (χ4v) is 5.68. The van der Waals surface area contributed by atoms with Gasteiger partial charge in [-0.2, -0.15) is 8.42 Å². The number of rotatable bonds is 28. The maximum atomic E-state index is 12.3. The molecule has 3 N–H and O–H groups in total. The van der Waals surface area contributed by atoms with Gasteiger partial charge in [-0.1, -0.05) is 149 Å². The molecule has 0 rings (SSSR count). The molecule has 7 heteroatoms. The largest absolute Gasteiger partial charge is 0.391 e. The third-order valence-electron chi connectivity index (χ3n) is 7.31. The van der Waals surface area contributed by atoms with Crippen LogP contribution in [0.15, 0.2) is 0 Å². The van der Waals surface area contributed by atoms with Crippen molar-refractivity contribution in [2.75, 3.05) is 5.75 Å². The lowest BCUT2D eigenvalue weighted by molar-refractivity contribution is -0.122. The molecule has 0 aliphatic carbocycles. The summed E-state index contributed by atoms with van der Waals surface area (Å²) >= 11 is 0. The zero-order valence-electron chi connectivity index (χ0n) is 24.4.